The van der Waals surface area contributed by atoms with Crippen molar-refractivity contribution in [3.63, 3.8) is 0 Å². The molecule has 3 N–H and O–H groups in total. The van der Waals surface area contributed by atoms with Crippen molar-refractivity contribution >= 4 is 40.2 Å². The Hall–Kier alpha value is -3.53. The molecule has 0 unspecified atom stereocenters. The van der Waals surface area contributed by atoms with Crippen molar-refractivity contribution in [3.05, 3.63) is 70.1 Å². The number of hydrogen-bond donors (Lipinski definition) is 2. The van der Waals surface area contributed by atoms with Gasteiger partial charge in [-0.1, -0.05) is 23.7 Å². The number of nitrogens with zero attached hydrogens (tertiary/aromatic N) is 2. The van der Waals surface area contributed by atoms with Gasteiger partial charge in [-0.15, -0.1) is 0 Å². The number of primary amides is 1. The monoisotopic (exact) mass is 492 g/mol. The highest BCUT2D eigenvalue weighted by Gasteiger charge is 2.34. The minimum Gasteiger partial charge on any atom is -0.366 e. The van der Waals surface area contributed by atoms with Gasteiger partial charge >= 0.3 is 0 Å². The van der Waals surface area contributed by atoms with Crippen molar-refractivity contribution in [1.29, 1.82) is 0 Å². The van der Waals surface area contributed by atoms with Crippen LogP contribution in [-0.4, -0.2) is 39.8 Å². The first kappa shape index (κ1) is 23.6. The van der Waals surface area contributed by atoms with Gasteiger partial charge in [-0.25, -0.2) is 13.2 Å². The molecular weight excluding hydrogens is 473 g/mol. The summed E-state index contributed by atoms with van der Waals surface area (Å²) in [6, 6.07) is 5.42. The van der Waals surface area contributed by atoms with Crippen LogP contribution in [0.1, 0.15) is 28.8 Å². The van der Waals surface area contributed by atoms with Crippen LogP contribution in [0.2, 0.25) is 5.02 Å². The lowest BCUT2D eigenvalue weighted by Crippen LogP contribution is -2.46. The summed E-state index contributed by atoms with van der Waals surface area (Å²) in [4.78, 5) is 38.9. The zero-order valence-electron chi connectivity index (χ0n) is 17.8. The van der Waals surface area contributed by atoms with Crippen molar-refractivity contribution in [2.75, 3.05) is 6.54 Å². The maximum atomic E-state index is 14.1. The molecule has 1 atom stereocenters. The summed E-state index contributed by atoms with van der Waals surface area (Å²) in [5.41, 5.74) is 5.63. The Balaban J connectivity index is 1.51. The van der Waals surface area contributed by atoms with Crippen LogP contribution in [-0.2, 0) is 22.7 Å². The van der Waals surface area contributed by atoms with Gasteiger partial charge in [0.15, 0.2) is 11.6 Å². The number of rotatable bonds is 6. The number of carbonyl (C=O) groups is 3. The summed E-state index contributed by atoms with van der Waals surface area (Å²) in [5, 5.41) is 2.65. The lowest BCUT2D eigenvalue weighted by atomic mass is 10.1. The number of likely N-dealkylation sites (tertiary alicyclic amines) is 1. The predicted octanol–water partition coefficient (Wildman–Crippen LogP) is 3.12. The van der Waals surface area contributed by atoms with Crippen molar-refractivity contribution in [1.82, 2.24) is 14.8 Å². The predicted molar refractivity (Wildman–Crippen MR) is 118 cm³/mol. The summed E-state index contributed by atoms with van der Waals surface area (Å²) < 4.78 is 42.9. The molecule has 2 aromatic carbocycles. The number of fused-ring (bicyclic) bond motifs is 1. The molecule has 178 valence electrons. The van der Waals surface area contributed by atoms with Crippen LogP contribution in [0.4, 0.5) is 13.2 Å². The van der Waals surface area contributed by atoms with Gasteiger partial charge in [0.05, 0.1) is 16.1 Å². The highest BCUT2D eigenvalue weighted by atomic mass is 35.5. The first-order valence-electron chi connectivity index (χ1n) is 10.4. The van der Waals surface area contributed by atoms with Gasteiger partial charge in [-0.3, -0.25) is 14.4 Å². The lowest BCUT2D eigenvalue weighted by molar-refractivity contribution is -0.138. The minimum absolute atomic E-state index is 0.0547. The van der Waals surface area contributed by atoms with Crippen LogP contribution in [0.15, 0.2) is 36.5 Å². The van der Waals surface area contributed by atoms with Gasteiger partial charge in [-0.2, -0.15) is 0 Å². The Labute approximate surface area is 197 Å². The summed E-state index contributed by atoms with van der Waals surface area (Å²) in [6.07, 6.45) is 2.25. The fourth-order valence-corrected chi connectivity index (χ4v) is 4.37. The van der Waals surface area contributed by atoms with Crippen LogP contribution < -0.4 is 11.1 Å². The Morgan fingerprint density at radius 1 is 1.15 bits per heavy atom. The topological polar surface area (TPSA) is 97.4 Å². The molecule has 0 saturated carbocycles. The molecule has 1 fully saturated rings. The van der Waals surface area contributed by atoms with E-state index in [-0.39, 0.29) is 40.1 Å². The van der Waals surface area contributed by atoms with Crippen LogP contribution in [0, 0.1) is 17.5 Å². The highest BCUT2D eigenvalue weighted by Crippen LogP contribution is 2.26. The molecule has 3 aromatic rings. The smallest absolute Gasteiger partial charge is 0.250 e. The molecule has 4 rings (SSSR count). The molecular formula is C23H20ClF3N4O3. The van der Waals surface area contributed by atoms with Gasteiger partial charge in [0.2, 0.25) is 11.8 Å². The summed E-state index contributed by atoms with van der Waals surface area (Å²) in [5.74, 6) is -4.67. The van der Waals surface area contributed by atoms with Crippen molar-refractivity contribution in [2.45, 2.75) is 32.0 Å². The number of hydrogen-bond acceptors (Lipinski definition) is 3. The molecule has 2 heterocycles. The second kappa shape index (κ2) is 9.38. The van der Waals surface area contributed by atoms with Crippen molar-refractivity contribution < 1.29 is 27.6 Å². The first-order chi connectivity index (χ1) is 16.2. The van der Waals surface area contributed by atoms with Crippen LogP contribution in [0.5, 0.6) is 0 Å². The molecule has 34 heavy (non-hydrogen) atoms. The van der Waals surface area contributed by atoms with E-state index in [1.807, 2.05) is 0 Å². The van der Waals surface area contributed by atoms with E-state index < -0.39 is 41.2 Å². The lowest BCUT2D eigenvalue weighted by Gasteiger charge is -2.24. The van der Waals surface area contributed by atoms with E-state index in [0.717, 1.165) is 12.1 Å². The molecule has 0 aliphatic carbocycles. The standard InChI is InChI=1S/C23H20ClF3N4O3/c24-15-4-1-3-12(21(15)27)9-29-23(34)18-5-2-6-31(18)20(32)11-30-10-14(22(28)33)13-7-16(25)17(26)8-19(13)30/h1,3-4,7-8,10,18H,2,5-6,9,11H2,(H2,28,33)(H,29,34)/t18-/m0/s1. The summed E-state index contributed by atoms with van der Waals surface area (Å²) in [7, 11) is 0. The molecule has 0 spiro atoms. The molecule has 0 radical (unpaired) electrons. The van der Waals surface area contributed by atoms with E-state index >= 15 is 0 Å². The maximum Gasteiger partial charge on any atom is 0.250 e. The number of nitrogens with two attached hydrogens (primary N) is 1. The second-order valence-electron chi connectivity index (χ2n) is 7.99. The van der Waals surface area contributed by atoms with E-state index in [4.69, 9.17) is 17.3 Å². The van der Waals surface area contributed by atoms with E-state index in [1.54, 1.807) is 6.07 Å². The second-order valence-corrected chi connectivity index (χ2v) is 8.40. The Morgan fingerprint density at radius 2 is 1.88 bits per heavy atom. The molecule has 11 heteroatoms. The fourth-order valence-electron chi connectivity index (χ4n) is 4.17. The van der Waals surface area contributed by atoms with Crippen molar-refractivity contribution in [2.24, 2.45) is 5.73 Å². The van der Waals surface area contributed by atoms with Crippen LogP contribution in [0.3, 0.4) is 0 Å². The Bertz CT molecular complexity index is 1310. The number of halogens is 4. The highest BCUT2D eigenvalue weighted by molar-refractivity contribution is 6.30. The summed E-state index contributed by atoms with van der Waals surface area (Å²) in [6.45, 7) is -0.103. The fraction of sp³-hybridized carbons (Fsp3) is 0.261. The van der Waals surface area contributed by atoms with Gasteiger partial charge in [-0.05, 0) is 25.0 Å². The number of amides is 3. The SMILES string of the molecule is NC(=O)c1cn(CC(=O)N2CCC[C@H]2C(=O)NCc2cccc(Cl)c2F)c2cc(F)c(F)cc12. The van der Waals surface area contributed by atoms with E-state index in [1.165, 1.54) is 27.8 Å². The molecule has 7 nitrogen and oxygen atoms in total. The number of aromatic nitrogens is 1. The molecule has 1 aromatic heterocycles. The molecule has 0 bridgehead atoms. The van der Waals surface area contributed by atoms with Crippen LogP contribution >= 0.6 is 11.6 Å². The molecule has 1 aliphatic heterocycles. The van der Waals surface area contributed by atoms with E-state index in [0.29, 0.717) is 19.4 Å². The van der Waals surface area contributed by atoms with E-state index in [2.05, 4.69) is 5.32 Å². The van der Waals surface area contributed by atoms with Gasteiger partial charge in [0, 0.05) is 36.3 Å². The van der Waals surface area contributed by atoms with Crippen molar-refractivity contribution in [3.8, 4) is 0 Å². The minimum atomic E-state index is -1.15. The van der Waals surface area contributed by atoms with Crippen LogP contribution in [0.25, 0.3) is 10.9 Å². The zero-order chi connectivity index (χ0) is 24.6. The van der Waals surface area contributed by atoms with Gasteiger partial charge in [0.1, 0.15) is 18.4 Å². The number of carbonyl (C=O) groups excluding carboxylic acids is 3. The molecule has 1 saturated heterocycles. The molecule has 1 aliphatic rings. The quantitative estimate of drug-likeness (QED) is 0.553. The number of nitrogens with one attached hydrogen (secondary N) is 1. The normalized spacial score (nSPS) is 15.6. The zero-order valence-corrected chi connectivity index (χ0v) is 18.5. The van der Waals surface area contributed by atoms with Gasteiger partial charge in [0.25, 0.3) is 5.91 Å². The molecule has 3 amide bonds. The largest absolute Gasteiger partial charge is 0.366 e. The average molecular weight is 493 g/mol. The van der Waals surface area contributed by atoms with Gasteiger partial charge < -0.3 is 20.5 Å². The summed E-state index contributed by atoms with van der Waals surface area (Å²) >= 11 is 5.76. The maximum absolute atomic E-state index is 14.1. The number of benzene rings is 2. The average Bonchev–Trinajstić information content (AvgIpc) is 3.41. The first-order valence-corrected chi connectivity index (χ1v) is 10.8. The Morgan fingerprint density at radius 3 is 2.62 bits per heavy atom. The third-order valence-corrected chi connectivity index (χ3v) is 6.15. The Kier molecular flexibility index (Phi) is 6.52. The third kappa shape index (κ3) is 4.45. The third-order valence-electron chi connectivity index (χ3n) is 5.85. The van der Waals surface area contributed by atoms with E-state index in [9.17, 15) is 27.6 Å².